The van der Waals surface area contributed by atoms with E-state index in [1.807, 2.05) is 54.6 Å². The summed E-state index contributed by atoms with van der Waals surface area (Å²) in [6, 6.07) is 26.5. The fourth-order valence-electron chi connectivity index (χ4n) is 5.05. The van der Waals surface area contributed by atoms with Gasteiger partial charge in [0, 0.05) is 23.9 Å². The van der Waals surface area contributed by atoms with Crippen LogP contribution in [0, 0.1) is 11.3 Å². The molecule has 0 amide bonds. The SMILES string of the molecule is [2H]C1(c2ccnc(-c3ccc(C#N)c4c3oc3cc(-c5ccccc5)ccc34)c2)CCCCC1. The molecule has 0 atom stereocenters. The van der Waals surface area contributed by atoms with Gasteiger partial charge in [-0.05, 0) is 71.8 Å². The summed E-state index contributed by atoms with van der Waals surface area (Å²) in [5.41, 5.74) is 6.85. The molecule has 1 aliphatic carbocycles. The molecule has 0 bridgehead atoms. The van der Waals surface area contributed by atoms with Gasteiger partial charge in [0.1, 0.15) is 11.2 Å². The predicted octanol–water partition coefficient (Wildman–Crippen LogP) is 8.23. The molecule has 160 valence electrons. The van der Waals surface area contributed by atoms with Gasteiger partial charge in [0.15, 0.2) is 0 Å². The highest BCUT2D eigenvalue weighted by Gasteiger charge is 2.20. The number of pyridine rings is 1. The van der Waals surface area contributed by atoms with Gasteiger partial charge >= 0.3 is 0 Å². The quantitative estimate of drug-likeness (QED) is 0.290. The highest BCUT2D eigenvalue weighted by Crippen LogP contribution is 2.40. The minimum atomic E-state index is -0.555. The van der Waals surface area contributed by atoms with Crippen molar-refractivity contribution < 1.29 is 5.79 Å². The van der Waals surface area contributed by atoms with E-state index in [1.54, 1.807) is 6.20 Å². The molecule has 2 heterocycles. The van der Waals surface area contributed by atoms with Crippen LogP contribution in [0.1, 0.15) is 50.5 Å². The Balaban J connectivity index is 1.54. The maximum Gasteiger partial charge on any atom is 0.146 e. The third kappa shape index (κ3) is 3.49. The molecule has 1 aliphatic rings. The molecule has 0 N–H and O–H groups in total. The fraction of sp³-hybridized carbons (Fsp3) is 0.200. The largest absolute Gasteiger partial charge is 0.455 e. The van der Waals surface area contributed by atoms with E-state index in [0.717, 1.165) is 70.0 Å². The Morgan fingerprint density at radius 2 is 1.76 bits per heavy atom. The summed E-state index contributed by atoms with van der Waals surface area (Å²) in [6.45, 7) is 0. The summed E-state index contributed by atoms with van der Waals surface area (Å²) in [5.74, 6) is -0.555. The molecule has 1 fully saturated rings. The van der Waals surface area contributed by atoms with Crippen molar-refractivity contribution >= 4 is 21.9 Å². The first-order chi connectivity index (χ1) is 16.7. The zero-order valence-electron chi connectivity index (χ0n) is 19.3. The number of fused-ring (bicyclic) bond motifs is 3. The Morgan fingerprint density at radius 3 is 2.58 bits per heavy atom. The van der Waals surface area contributed by atoms with Gasteiger partial charge in [-0.25, -0.2) is 0 Å². The van der Waals surface area contributed by atoms with E-state index in [9.17, 15) is 5.26 Å². The zero-order chi connectivity index (χ0) is 23.1. The van der Waals surface area contributed by atoms with Crippen molar-refractivity contribution in [1.29, 1.82) is 5.26 Å². The Morgan fingerprint density at radius 1 is 0.909 bits per heavy atom. The molecule has 0 unspecified atom stereocenters. The van der Waals surface area contributed by atoms with Gasteiger partial charge < -0.3 is 4.42 Å². The first-order valence-electron chi connectivity index (χ1n) is 12.1. The molecule has 0 saturated heterocycles. The molecular formula is C30H24N2O. The predicted molar refractivity (Wildman–Crippen MR) is 133 cm³/mol. The molecule has 3 aromatic carbocycles. The summed E-state index contributed by atoms with van der Waals surface area (Å²) in [7, 11) is 0. The van der Waals surface area contributed by atoms with E-state index in [4.69, 9.17) is 5.79 Å². The third-order valence-corrected chi connectivity index (χ3v) is 6.75. The standard InChI is InChI=1S/C30H24N2O/c31-19-24-12-13-25(27-17-23(15-16-32-27)21-9-5-2-6-10-21)30-29(24)26-14-11-22(18-28(26)33-30)20-7-3-1-4-8-20/h1,3-4,7-8,11-18,21H,2,5-6,9-10H2/i21D. The molecule has 6 rings (SSSR count). The Labute approximate surface area is 194 Å². The number of hydrogen-bond donors (Lipinski definition) is 0. The molecule has 0 aliphatic heterocycles. The van der Waals surface area contributed by atoms with Crippen molar-refractivity contribution in [1.82, 2.24) is 4.98 Å². The number of rotatable bonds is 3. The maximum absolute atomic E-state index is 9.82. The minimum absolute atomic E-state index is 0.555. The molecule has 0 spiro atoms. The van der Waals surface area contributed by atoms with Crippen LogP contribution in [0.3, 0.4) is 0 Å². The second-order valence-electron chi connectivity index (χ2n) is 8.75. The van der Waals surface area contributed by atoms with Crippen LogP contribution in [-0.2, 0) is 0 Å². The topological polar surface area (TPSA) is 49.8 Å². The van der Waals surface area contributed by atoms with Crippen LogP contribution >= 0.6 is 0 Å². The summed E-state index contributed by atoms with van der Waals surface area (Å²) in [5, 5.41) is 11.6. The van der Waals surface area contributed by atoms with Crippen molar-refractivity contribution in [2.45, 2.75) is 38.0 Å². The van der Waals surface area contributed by atoms with Crippen LogP contribution in [0.2, 0.25) is 0 Å². The van der Waals surface area contributed by atoms with Gasteiger partial charge in [0.05, 0.1) is 17.3 Å². The Kier molecular flexibility index (Phi) is 4.65. The van der Waals surface area contributed by atoms with Gasteiger partial charge in [-0.2, -0.15) is 5.26 Å². The lowest BCUT2D eigenvalue weighted by atomic mass is 9.84. The summed E-state index contributed by atoms with van der Waals surface area (Å²) >= 11 is 0. The molecule has 33 heavy (non-hydrogen) atoms. The van der Waals surface area contributed by atoms with Crippen molar-refractivity contribution in [3.05, 3.63) is 90.1 Å². The van der Waals surface area contributed by atoms with Crippen molar-refractivity contribution in [3.8, 4) is 28.5 Å². The lowest BCUT2D eigenvalue weighted by Gasteiger charge is -2.22. The normalized spacial score (nSPS) is 15.9. The number of aromatic nitrogens is 1. The van der Waals surface area contributed by atoms with E-state index < -0.39 is 5.89 Å². The minimum Gasteiger partial charge on any atom is -0.455 e. The first-order valence-corrected chi connectivity index (χ1v) is 11.6. The van der Waals surface area contributed by atoms with E-state index in [-0.39, 0.29) is 0 Å². The Bertz CT molecular complexity index is 1560. The van der Waals surface area contributed by atoms with E-state index in [0.29, 0.717) is 11.1 Å². The average molecular weight is 430 g/mol. The highest BCUT2D eigenvalue weighted by atomic mass is 16.3. The van der Waals surface area contributed by atoms with Gasteiger partial charge in [0.25, 0.3) is 0 Å². The number of hydrogen-bond acceptors (Lipinski definition) is 3. The van der Waals surface area contributed by atoms with Crippen LogP contribution in [0.15, 0.2) is 83.4 Å². The summed E-state index contributed by atoms with van der Waals surface area (Å²) in [6.07, 6.45) is 6.96. The number of nitrogens with zero attached hydrogens (tertiary/aromatic N) is 2. The molecule has 3 heteroatoms. The second kappa shape index (κ2) is 8.22. The van der Waals surface area contributed by atoms with Crippen LogP contribution in [-0.4, -0.2) is 4.98 Å². The molecule has 1 saturated carbocycles. The number of nitriles is 1. The smallest absolute Gasteiger partial charge is 0.146 e. The highest BCUT2D eigenvalue weighted by molar-refractivity contribution is 6.12. The summed E-state index contributed by atoms with van der Waals surface area (Å²) in [4.78, 5) is 4.65. The van der Waals surface area contributed by atoms with Crippen LogP contribution in [0.4, 0.5) is 0 Å². The first kappa shape index (κ1) is 18.7. The van der Waals surface area contributed by atoms with Crippen molar-refractivity contribution in [2.75, 3.05) is 0 Å². The van der Waals surface area contributed by atoms with Crippen LogP contribution in [0.5, 0.6) is 0 Å². The Hall–Kier alpha value is -3.90. The maximum atomic E-state index is 9.82. The van der Waals surface area contributed by atoms with Gasteiger partial charge in [-0.3, -0.25) is 4.98 Å². The number of furan rings is 1. The molecule has 2 aromatic heterocycles. The molecule has 3 nitrogen and oxygen atoms in total. The van der Waals surface area contributed by atoms with Crippen molar-refractivity contribution in [3.63, 3.8) is 0 Å². The van der Waals surface area contributed by atoms with E-state index >= 15 is 0 Å². The monoisotopic (exact) mass is 429 g/mol. The summed E-state index contributed by atoms with van der Waals surface area (Å²) < 4.78 is 15.5. The van der Waals surface area contributed by atoms with Crippen LogP contribution in [0.25, 0.3) is 44.3 Å². The van der Waals surface area contributed by atoms with Gasteiger partial charge in [0.2, 0.25) is 0 Å². The fourth-order valence-corrected chi connectivity index (χ4v) is 5.05. The average Bonchev–Trinajstić information content (AvgIpc) is 3.28. The third-order valence-electron chi connectivity index (χ3n) is 6.75. The van der Waals surface area contributed by atoms with E-state index in [2.05, 4.69) is 29.3 Å². The number of benzene rings is 3. The van der Waals surface area contributed by atoms with Crippen LogP contribution < -0.4 is 0 Å². The lowest BCUT2D eigenvalue weighted by molar-refractivity contribution is 0.443. The lowest BCUT2D eigenvalue weighted by Crippen LogP contribution is -2.04. The second-order valence-corrected chi connectivity index (χ2v) is 8.75. The zero-order valence-corrected chi connectivity index (χ0v) is 18.3. The molecular weight excluding hydrogens is 404 g/mol. The van der Waals surface area contributed by atoms with Gasteiger partial charge in [-0.15, -0.1) is 0 Å². The van der Waals surface area contributed by atoms with Gasteiger partial charge in [-0.1, -0.05) is 55.7 Å². The van der Waals surface area contributed by atoms with E-state index in [1.165, 1.54) is 6.42 Å². The molecule has 5 aromatic rings. The molecule has 0 radical (unpaired) electrons. The van der Waals surface area contributed by atoms with Crippen molar-refractivity contribution in [2.24, 2.45) is 0 Å².